The Morgan fingerprint density at radius 1 is 1.67 bits per heavy atom. The molecule has 1 aliphatic rings. The van der Waals surface area contributed by atoms with E-state index >= 15 is 0 Å². The monoisotopic (exact) mass is 129 g/mol. The zero-order valence-corrected chi connectivity index (χ0v) is 5.30. The van der Waals surface area contributed by atoms with Crippen molar-refractivity contribution in [3.05, 3.63) is 0 Å². The summed E-state index contributed by atoms with van der Waals surface area (Å²) in [4.78, 5) is 10.1. The first-order valence-corrected chi connectivity index (χ1v) is 3.19. The highest BCUT2D eigenvalue weighted by molar-refractivity contribution is 5.75. The van der Waals surface area contributed by atoms with Gasteiger partial charge in [-0.15, -0.1) is 0 Å². The van der Waals surface area contributed by atoms with Crippen LogP contribution in [0.1, 0.15) is 19.3 Å². The molecule has 1 amide bonds. The molecule has 9 heavy (non-hydrogen) atoms. The standard InChI is InChI=1S/C6H11NO2/c7-6(8)4-9-5-2-1-3-5/h5H,1-4H2,(H2,7,8). The summed E-state index contributed by atoms with van der Waals surface area (Å²) in [6.45, 7) is 0.0880. The number of hydrogen-bond donors (Lipinski definition) is 1. The second-order valence-corrected chi connectivity index (χ2v) is 2.33. The molecule has 0 heterocycles. The lowest BCUT2D eigenvalue weighted by Crippen LogP contribution is -2.27. The Morgan fingerprint density at radius 3 is 2.67 bits per heavy atom. The predicted octanol–water partition coefficient (Wildman–Crippen LogP) is 0.0408. The Morgan fingerprint density at radius 2 is 2.33 bits per heavy atom. The van der Waals surface area contributed by atoms with Crippen molar-refractivity contribution in [2.75, 3.05) is 6.61 Å². The number of hydrogen-bond acceptors (Lipinski definition) is 2. The molecule has 2 N–H and O–H groups in total. The first kappa shape index (κ1) is 6.55. The van der Waals surface area contributed by atoms with Crippen molar-refractivity contribution >= 4 is 5.91 Å². The molecule has 1 saturated carbocycles. The first-order chi connectivity index (χ1) is 4.29. The summed E-state index contributed by atoms with van der Waals surface area (Å²) in [7, 11) is 0. The average Bonchev–Trinajstić information content (AvgIpc) is 1.60. The fraction of sp³-hybridized carbons (Fsp3) is 0.833. The van der Waals surface area contributed by atoms with Crippen LogP contribution in [0, 0.1) is 0 Å². The molecule has 0 aromatic carbocycles. The molecule has 1 fully saturated rings. The Kier molecular flexibility index (Phi) is 2.05. The Labute approximate surface area is 54.2 Å². The second kappa shape index (κ2) is 2.82. The van der Waals surface area contributed by atoms with Crippen LogP contribution in [-0.2, 0) is 9.53 Å². The summed E-state index contributed by atoms with van der Waals surface area (Å²) in [5.41, 5.74) is 4.86. The molecule has 3 heteroatoms. The fourth-order valence-electron chi connectivity index (χ4n) is 0.737. The maximum atomic E-state index is 10.1. The van der Waals surface area contributed by atoms with Gasteiger partial charge in [-0.05, 0) is 19.3 Å². The molecule has 3 nitrogen and oxygen atoms in total. The molecule has 52 valence electrons. The smallest absolute Gasteiger partial charge is 0.243 e. The van der Waals surface area contributed by atoms with Crippen LogP contribution in [0.4, 0.5) is 0 Å². The highest BCUT2D eigenvalue weighted by atomic mass is 16.5. The largest absolute Gasteiger partial charge is 0.368 e. The van der Waals surface area contributed by atoms with Gasteiger partial charge < -0.3 is 10.5 Å². The number of nitrogens with two attached hydrogens (primary N) is 1. The maximum Gasteiger partial charge on any atom is 0.243 e. The summed E-state index contributed by atoms with van der Waals surface area (Å²) < 4.78 is 5.06. The summed E-state index contributed by atoms with van der Waals surface area (Å²) in [5, 5.41) is 0. The van der Waals surface area contributed by atoms with E-state index < -0.39 is 0 Å². The van der Waals surface area contributed by atoms with Gasteiger partial charge in [-0.1, -0.05) is 0 Å². The van der Waals surface area contributed by atoms with Crippen molar-refractivity contribution in [1.82, 2.24) is 0 Å². The normalized spacial score (nSPS) is 19.1. The lowest BCUT2D eigenvalue weighted by Gasteiger charge is -2.24. The number of rotatable bonds is 3. The van der Waals surface area contributed by atoms with Crippen molar-refractivity contribution in [2.45, 2.75) is 25.4 Å². The van der Waals surface area contributed by atoms with Crippen LogP contribution in [0.5, 0.6) is 0 Å². The van der Waals surface area contributed by atoms with Gasteiger partial charge in [-0.25, -0.2) is 0 Å². The quantitative estimate of drug-likeness (QED) is 0.585. The Bertz CT molecular complexity index is 110. The van der Waals surface area contributed by atoms with Gasteiger partial charge in [-0.2, -0.15) is 0 Å². The van der Waals surface area contributed by atoms with Gasteiger partial charge in [0.1, 0.15) is 6.61 Å². The van der Waals surface area contributed by atoms with Crippen molar-refractivity contribution in [2.24, 2.45) is 5.73 Å². The Balaban J connectivity index is 1.97. The number of ether oxygens (including phenoxy) is 1. The lowest BCUT2D eigenvalue weighted by atomic mass is 9.96. The zero-order valence-electron chi connectivity index (χ0n) is 5.30. The molecule has 1 aliphatic carbocycles. The van der Waals surface area contributed by atoms with Gasteiger partial charge in [0.2, 0.25) is 5.91 Å². The van der Waals surface area contributed by atoms with Gasteiger partial charge in [0.05, 0.1) is 6.10 Å². The van der Waals surface area contributed by atoms with Gasteiger partial charge >= 0.3 is 0 Å². The van der Waals surface area contributed by atoms with Gasteiger partial charge in [0.25, 0.3) is 0 Å². The molecule has 1 rings (SSSR count). The molecule has 0 spiro atoms. The van der Waals surface area contributed by atoms with Gasteiger partial charge in [0.15, 0.2) is 0 Å². The summed E-state index contributed by atoms with van der Waals surface area (Å²) in [6.07, 6.45) is 3.72. The lowest BCUT2D eigenvalue weighted by molar-refractivity contribution is -0.126. The van der Waals surface area contributed by atoms with E-state index in [9.17, 15) is 4.79 Å². The van der Waals surface area contributed by atoms with Crippen molar-refractivity contribution in [3.63, 3.8) is 0 Å². The summed E-state index contributed by atoms with van der Waals surface area (Å²) in [6, 6.07) is 0. The predicted molar refractivity (Wildman–Crippen MR) is 32.8 cm³/mol. The van der Waals surface area contributed by atoms with E-state index in [-0.39, 0.29) is 12.5 Å². The number of carbonyl (C=O) groups is 1. The summed E-state index contributed by atoms with van der Waals surface area (Å²) in [5.74, 6) is -0.373. The van der Waals surface area contributed by atoms with Crippen LogP contribution < -0.4 is 5.73 Å². The average molecular weight is 129 g/mol. The third kappa shape index (κ3) is 2.01. The van der Waals surface area contributed by atoms with Crippen LogP contribution in [0.15, 0.2) is 0 Å². The van der Waals surface area contributed by atoms with Crippen LogP contribution in [-0.4, -0.2) is 18.6 Å². The highest BCUT2D eigenvalue weighted by Gasteiger charge is 2.17. The minimum absolute atomic E-state index is 0.0880. The summed E-state index contributed by atoms with van der Waals surface area (Å²) >= 11 is 0. The Hall–Kier alpha value is -0.570. The molecule has 0 saturated heterocycles. The van der Waals surface area contributed by atoms with Gasteiger partial charge in [0, 0.05) is 0 Å². The zero-order chi connectivity index (χ0) is 6.69. The second-order valence-electron chi connectivity index (χ2n) is 2.33. The van der Waals surface area contributed by atoms with E-state index in [4.69, 9.17) is 10.5 Å². The molecule has 0 bridgehead atoms. The van der Waals surface area contributed by atoms with E-state index in [2.05, 4.69) is 0 Å². The topological polar surface area (TPSA) is 52.3 Å². The third-order valence-corrected chi connectivity index (χ3v) is 1.51. The number of carbonyl (C=O) groups excluding carboxylic acids is 1. The van der Waals surface area contributed by atoms with E-state index in [1.54, 1.807) is 0 Å². The van der Waals surface area contributed by atoms with Crippen LogP contribution in [0.2, 0.25) is 0 Å². The molecule has 0 aliphatic heterocycles. The van der Waals surface area contributed by atoms with E-state index in [0.29, 0.717) is 6.10 Å². The molecule has 0 aromatic heterocycles. The highest BCUT2D eigenvalue weighted by Crippen LogP contribution is 2.21. The fourth-order valence-corrected chi connectivity index (χ4v) is 0.737. The van der Waals surface area contributed by atoms with Crippen molar-refractivity contribution < 1.29 is 9.53 Å². The van der Waals surface area contributed by atoms with Crippen molar-refractivity contribution in [1.29, 1.82) is 0 Å². The van der Waals surface area contributed by atoms with E-state index in [0.717, 1.165) is 12.8 Å². The minimum atomic E-state index is -0.373. The van der Waals surface area contributed by atoms with Crippen molar-refractivity contribution in [3.8, 4) is 0 Å². The van der Waals surface area contributed by atoms with Gasteiger partial charge in [-0.3, -0.25) is 4.79 Å². The van der Waals surface area contributed by atoms with E-state index in [1.165, 1.54) is 6.42 Å². The molecule has 0 radical (unpaired) electrons. The first-order valence-electron chi connectivity index (χ1n) is 3.19. The van der Waals surface area contributed by atoms with E-state index in [1.807, 2.05) is 0 Å². The van der Waals surface area contributed by atoms with Crippen LogP contribution in [0.3, 0.4) is 0 Å². The minimum Gasteiger partial charge on any atom is -0.368 e. The number of primary amides is 1. The number of amides is 1. The molecule has 0 atom stereocenters. The van der Waals surface area contributed by atoms with Crippen LogP contribution in [0.25, 0.3) is 0 Å². The maximum absolute atomic E-state index is 10.1. The SMILES string of the molecule is NC(=O)COC1CCC1. The molecular weight excluding hydrogens is 118 g/mol. The molecule has 0 aromatic rings. The molecular formula is C6H11NO2. The molecule has 0 unspecified atom stereocenters. The third-order valence-electron chi connectivity index (χ3n) is 1.51. The van der Waals surface area contributed by atoms with Crippen LogP contribution >= 0.6 is 0 Å².